The molecule has 136 valence electrons. The minimum atomic E-state index is 0. The third-order valence-electron chi connectivity index (χ3n) is 3.83. The van der Waals surface area contributed by atoms with E-state index in [1.54, 1.807) is 0 Å². The summed E-state index contributed by atoms with van der Waals surface area (Å²) in [6, 6.07) is 16.3. The quantitative estimate of drug-likeness (QED) is 0.342. The molecular formula is C20H24IN5. The number of hydrogen-bond donors (Lipinski definition) is 2. The molecule has 5 nitrogen and oxygen atoms in total. The smallest absolute Gasteiger partial charge is 0.193 e. The molecule has 0 aliphatic carbocycles. The fourth-order valence-corrected chi connectivity index (χ4v) is 2.75. The molecule has 3 N–H and O–H groups in total. The Hall–Kier alpha value is -2.35. The molecule has 1 heterocycles. The second-order valence-electron chi connectivity index (χ2n) is 6.15. The summed E-state index contributed by atoms with van der Waals surface area (Å²) < 4.78 is 1.87. The van der Waals surface area contributed by atoms with Crippen molar-refractivity contribution in [2.24, 2.45) is 10.7 Å². The second-order valence-corrected chi connectivity index (χ2v) is 6.15. The summed E-state index contributed by atoms with van der Waals surface area (Å²) in [6.45, 7) is 4.75. The number of aliphatic imine (C=N–C) groups is 1. The molecule has 0 saturated heterocycles. The van der Waals surface area contributed by atoms with E-state index in [1.165, 1.54) is 11.1 Å². The maximum absolute atomic E-state index is 5.98. The molecule has 0 aliphatic heterocycles. The number of guanidine groups is 1. The Morgan fingerprint density at radius 3 is 2.50 bits per heavy atom. The molecule has 3 aromatic rings. The predicted octanol–water partition coefficient (Wildman–Crippen LogP) is 4.08. The standard InChI is InChI=1S/C20H23N5.HI/c1-15-10-16(2)12-18(11-15)24-20(21)22-9-8-17-13-23-25(14-17)19-6-4-3-5-7-19;/h3-7,10-14H,8-9H2,1-2H3,(H3,21,22,24);1H. The number of halogens is 1. The first-order valence-electron chi connectivity index (χ1n) is 8.34. The average Bonchev–Trinajstić information content (AvgIpc) is 3.03. The summed E-state index contributed by atoms with van der Waals surface area (Å²) in [5, 5.41) is 7.54. The number of hydrogen-bond acceptors (Lipinski definition) is 2. The van der Waals surface area contributed by atoms with Gasteiger partial charge in [-0.15, -0.1) is 24.0 Å². The number of rotatable bonds is 5. The van der Waals surface area contributed by atoms with Crippen molar-refractivity contribution in [3.8, 4) is 5.69 Å². The van der Waals surface area contributed by atoms with E-state index in [1.807, 2.05) is 47.4 Å². The highest BCUT2D eigenvalue weighted by atomic mass is 127. The van der Waals surface area contributed by atoms with E-state index in [0.717, 1.165) is 23.4 Å². The molecular weight excluding hydrogens is 437 g/mol. The summed E-state index contributed by atoms with van der Waals surface area (Å²) in [4.78, 5) is 4.40. The van der Waals surface area contributed by atoms with Crippen molar-refractivity contribution in [1.29, 1.82) is 0 Å². The van der Waals surface area contributed by atoms with Gasteiger partial charge in [-0.2, -0.15) is 5.10 Å². The lowest BCUT2D eigenvalue weighted by Crippen LogP contribution is -2.23. The number of aryl methyl sites for hydroxylation is 2. The number of nitrogens with zero attached hydrogens (tertiary/aromatic N) is 3. The number of nitrogens with one attached hydrogen (secondary N) is 1. The first-order chi connectivity index (χ1) is 12.1. The highest BCUT2D eigenvalue weighted by molar-refractivity contribution is 14.0. The maximum Gasteiger partial charge on any atom is 0.193 e. The van der Waals surface area contributed by atoms with Crippen LogP contribution in [0.2, 0.25) is 0 Å². The van der Waals surface area contributed by atoms with E-state index in [9.17, 15) is 0 Å². The van der Waals surface area contributed by atoms with Crippen molar-refractivity contribution in [2.45, 2.75) is 20.3 Å². The van der Waals surface area contributed by atoms with Crippen molar-refractivity contribution in [3.05, 3.63) is 77.6 Å². The molecule has 26 heavy (non-hydrogen) atoms. The van der Waals surface area contributed by atoms with Gasteiger partial charge >= 0.3 is 0 Å². The Morgan fingerprint density at radius 1 is 1.12 bits per heavy atom. The minimum absolute atomic E-state index is 0. The Kier molecular flexibility index (Phi) is 7.20. The lowest BCUT2D eigenvalue weighted by molar-refractivity contribution is 0.879. The molecule has 0 spiro atoms. The SMILES string of the molecule is Cc1cc(C)cc(NC(N)=NCCc2cnn(-c3ccccc3)c2)c1.I. The van der Waals surface area contributed by atoms with Crippen LogP contribution in [0.1, 0.15) is 16.7 Å². The molecule has 0 unspecified atom stereocenters. The molecule has 0 saturated carbocycles. The van der Waals surface area contributed by atoms with Gasteiger partial charge in [0.1, 0.15) is 0 Å². The van der Waals surface area contributed by atoms with E-state index in [-0.39, 0.29) is 24.0 Å². The average molecular weight is 461 g/mol. The van der Waals surface area contributed by atoms with Gasteiger partial charge in [0.2, 0.25) is 0 Å². The first-order valence-corrected chi connectivity index (χ1v) is 8.34. The zero-order valence-corrected chi connectivity index (χ0v) is 17.3. The van der Waals surface area contributed by atoms with Crippen molar-refractivity contribution < 1.29 is 0 Å². The van der Waals surface area contributed by atoms with Crippen LogP contribution >= 0.6 is 24.0 Å². The highest BCUT2D eigenvalue weighted by Gasteiger charge is 2.01. The fraction of sp³-hybridized carbons (Fsp3) is 0.200. The zero-order valence-electron chi connectivity index (χ0n) is 15.0. The predicted molar refractivity (Wildman–Crippen MR) is 119 cm³/mol. The molecule has 3 rings (SSSR count). The molecule has 2 aromatic carbocycles. The number of anilines is 1. The van der Waals surface area contributed by atoms with Gasteiger partial charge in [-0.1, -0.05) is 24.3 Å². The largest absolute Gasteiger partial charge is 0.370 e. The molecule has 0 amide bonds. The van der Waals surface area contributed by atoms with Gasteiger partial charge in [-0.05, 0) is 61.2 Å². The summed E-state index contributed by atoms with van der Waals surface area (Å²) in [7, 11) is 0. The van der Waals surface area contributed by atoms with Gasteiger partial charge in [0.25, 0.3) is 0 Å². The van der Waals surface area contributed by atoms with Crippen LogP contribution in [0.4, 0.5) is 5.69 Å². The van der Waals surface area contributed by atoms with Crippen molar-refractivity contribution in [1.82, 2.24) is 9.78 Å². The molecule has 0 atom stereocenters. The fourth-order valence-electron chi connectivity index (χ4n) is 2.75. The Morgan fingerprint density at radius 2 is 1.81 bits per heavy atom. The summed E-state index contributed by atoms with van der Waals surface area (Å²) in [6.07, 6.45) is 4.69. The molecule has 1 aromatic heterocycles. The number of benzene rings is 2. The van der Waals surface area contributed by atoms with Gasteiger partial charge in [-0.25, -0.2) is 4.68 Å². The van der Waals surface area contributed by atoms with Crippen LogP contribution in [-0.4, -0.2) is 22.3 Å². The van der Waals surface area contributed by atoms with Crippen LogP contribution < -0.4 is 11.1 Å². The van der Waals surface area contributed by atoms with Gasteiger partial charge in [0.05, 0.1) is 11.9 Å². The van der Waals surface area contributed by atoms with Crippen LogP contribution in [0.15, 0.2) is 65.9 Å². The van der Waals surface area contributed by atoms with Crippen LogP contribution in [0.3, 0.4) is 0 Å². The van der Waals surface area contributed by atoms with E-state index in [2.05, 4.69) is 47.5 Å². The molecule has 0 aliphatic rings. The van der Waals surface area contributed by atoms with Crippen LogP contribution in [0.5, 0.6) is 0 Å². The molecule has 0 radical (unpaired) electrons. The van der Waals surface area contributed by atoms with E-state index in [0.29, 0.717) is 12.5 Å². The summed E-state index contributed by atoms with van der Waals surface area (Å²) in [5.41, 5.74) is 11.5. The first kappa shape index (κ1) is 20.0. The highest BCUT2D eigenvalue weighted by Crippen LogP contribution is 2.13. The topological polar surface area (TPSA) is 68.2 Å². The van der Waals surface area contributed by atoms with Crippen LogP contribution in [0, 0.1) is 13.8 Å². The van der Waals surface area contributed by atoms with Gasteiger partial charge in [-0.3, -0.25) is 4.99 Å². The zero-order chi connectivity index (χ0) is 17.6. The van der Waals surface area contributed by atoms with Crippen molar-refractivity contribution in [3.63, 3.8) is 0 Å². The maximum atomic E-state index is 5.98. The van der Waals surface area contributed by atoms with E-state index < -0.39 is 0 Å². The Bertz CT molecular complexity index is 851. The second kappa shape index (κ2) is 9.38. The van der Waals surface area contributed by atoms with Crippen LogP contribution in [0.25, 0.3) is 5.69 Å². The van der Waals surface area contributed by atoms with E-state index >= 15 is 0 Å². The number of aromatic nitrogens is 2. The summed E-state index contributed by atoms with van der Waals surface area (Å²) >= 11 is 0. The minimum Gasteiger partial charge on any atom is -0.370 e. The summed E-state index contributed by atoms with van der Waals surface area (Å²) in [5.74, 6) is 0.431. The van der Waals surface area contributed by atoms with E-state index in [4.69, 9.17) is 5.73 Å². The Balaban J connectivity index is 0.00000243. The lowest BCUT2D eigenvalue weighted by atomic mass is 10.1. The number of para-hydroxylation sites is 1. The molecule has 6 heteroatoms. The van der Waals surface area contributed by atoms with Gasteiger partial charge < -0.3 is 11.1 Å². The Labute approximate surface area is 171 Å². The van der Waals surface area contributed by atoms with Gasteiger partial charge in [0.15, 0.2) is 5.96 Å². The number of nitrogens with two attached hydrogens (primary N) is 1. The lowest BCUT2D eigenvalue weighted by Gasteiger charge is -2.07. The van der Waals surface area contributed by atoms with Crippen LogP contribution in [-0.2, 0) is 6.42 Å². The monoisotopic (exact) mass is 461 g/mol. The third-order valence-corrected chi connectivity index (χ3v) is 3.83. The van der Waals surface area contributed by atoms with Gasteiger partial charge in [0, 0.05) is 18.4 Å². The third kappa shape index (κ3) is 5.59. The van der Waals surface area contributed by atoms with Crippen molar-refractivity contribution >= 4 is 35.6 Å². The molecule has 0 bridgehead atoms. The normalized spacial score (nSPS) is 11.1. The van der Waals surface area contributed by atoms with Crippen molar-refractivity contribution in [2.75, 3.05) is 11.9 Å². The molecule has 0 fully saturated rings.